The number of hydrogen-bond donors (Lipinski definition) is 1. The highest BCUT2D eigenvalue weighted by Gasteiger charge is 2.45. The highest BCUT2D eigenvalue weighted by molar-refractivity contribution is 7.90. The van der Waals surface area contributed by atoms with Crippen LogP contribution in [0.2, 0.25) is 5.02 Å². The molecule has 0 radical (unpaired) electrons. The lowest BCUT2D eigenvalue weighted by Crippen LogP contribution is -2.24. The van der Waals surface area contributed by atoms with Crippen LogP contribution in [0.3, 0.4) is 0 Å². The van der Waals surface area contributed by atoms with Gasteiger partial charge in [-0.05, 0) is 37.1 Å². The Morgan fingerprint density at radius 3 is 2.59 bits per heavy atom. The largest absolute Gasteiger partial charge is 0.337 e. The third kappa shape index (κ3) is 3.78. The summed E-state index contributed by atoms with van der Waals surface area (Å²) < 4.78 is 28.0. The van der Waals surface area contributed by atoms with E-state index in [9.17, 15) is 8.42 Å². The molecule has 118 valence electrons. The Morgan fingerprint density at radius 2 is 2.00 bits per heavy atom. The first-order chi connectivity index (χ1) is 10.4. The fourth-order valence-electron chi connectivity index (χ4n) is 2.38. The van der Waals surface area contributed by atoms with Gasteiger partial charge in [-0.25, -0.2) is 8.42 Å². The van der Waals surface area contributed by atoms with Crippen molar-refractivity contribution < 1.29 is 12.9 Å². The van der Waals surface area contributed by atoms with Crippen LogP contribution >= 0.6 is 11.6 Å². The summed E-state index contributed by atoms with van der Waals surface area (Å²) in [6.07, 6.45) is 3.05. The van der Waals surface area contributed by atoms with Gasteiger partial charge < -0.3 is 9.84 Å². The van der Waals surface area contributed by atoms with E-state index in [0.29, 0.717) is 23.4 Å². The van der Waals surface area contributed by atoms with E-state index in [1.165, 1.54) is 6.26 Å². The van der Waals surface area contributed by atoms with Crippen LogP contribution in [0.1, 0.15) is 12.8 Å². The van der Waals surface area contributed by atoms with E-state index < -0.39 is 9.84 Å². The van der Waals surface area contributed by atoms with Crippen molar-refractivity contribution in [2.24, 2.45) is 5.41 Å². The molecule has 0 amide bonds. The van der Waals surface area contributed by atoms with E-state index in [1.807, 2.05) is 12.1 Å². The van der Waals surface area contributed by atoms with Gasteiger partial charge in [-0.2, -0.15) is 4.98 Å². The van der Waals surface area contributed by atoms with Crippen molar-refractivity contribution >= 4 is 27.5 Å². The van der Waals surface area contributed by atoms with Crippen LogP contribution in [0.5, 0.6) is 0 Å². The second-order valence-corrected chi connectivity index (χ2v) is 8.43. The van der Waals surface area contributed by atoms with Crippen LogP contribution in [0.15, 0.2) is 28.8 Å². The Hall–Kier alpha value is -1.60. The second kappa shape index (κ2) is 5.55. The molecule has 22 heavy (non-hydrogen) atoms. The van der Waals surface area contributed by atoms with Crippen molar-refractivity contribution in [1.82, 2.24) is 10.1 Å². The molecule has 0 unspecified atom stereocenters. The molecule has 1 aliphatic carbocycles. The Labute approximate surface area is 133 Å². The number of halogens is 1. The zero-order chi connectivity index (χ0) is 15.8. The predicted octanol–water partition coefficient (Wildman–Crippen LogP) is 2.63. The molecule has 0 bridgehead atoms. The quantitative estimate of drug-likeness (QED) is 0.869. The maximum absolute atomic E-state index is 11.4. The third-order valence-corrected chi connectivity index (χ3v) is 5.06. The molecule has 2 aromatic rings. The maximum atomic E-state index is 11.4. The number of anilines is 1. The summed E-state index contributed by atoms with van der Waals surface area (Å²) in [6.45, 7) is 0.516. The van der Waals surface area contributed by atoms with E-state index in [4.69, 9.17) is 16.1 Å². The van der Waals surface area contributed by atoms with Crippen molar-refractivity contribution in [2.75, 3.05) is 23.9 Å². The number of sulfone groups is 1. The van der Waals surface area contributed by atoms with Gasteiger partial charge >= 0.3 is 6.01 Å². The van der Waals surface area contributed by atoms with E-state index in [-0.39, 0.29) is 11.2 Å². The fraction of sp³-hybridized carbons (Fsp3) is 0.429. The van der Waals surface area contributed by atoms with Gasteiger partial charge in [-0.3, -0.25) is 0 Å². The molecule has 6 nitrogen and oxygen atoms in total. The average Bonchev–Trinajstić information content (AvgIpc) is 3.01. The number of benzene rings is 1. The summed E-state index contributed by atoms with van der Waals surface area (Å²) in [4.78, 5) is 4.26. The SMILES string of the molecule is CS(=O)(=O)CC1(CNc2nc(-c3ccc(Cl)cc3)no2)CC1. The Balaban J connectivity index is 1.64. The molecule has 1 aromatic carbocycles. The number of rotatable bonds is 6. The number of nitrogens with zero attached hydrogens (tertiary/aromatic N) is 2. The molecule has 1 fully saturated rings. The highest BCUT2D eigenvalue weighted by Crippen LogP contribution is 2.46. The lowest BCUT2D eigenvalue weighted by atomic mass is 10.1. The lowest BCUT2D eigenvalue weighted by molar-refractivity contribution is 0.427. The van der Waals surface area contributed by atoms with Gasteiger partial charge in [-0.1, -0.05) is 16.8 Å². The molecule has 1 saturated carbocycles. The smallest absolute Gasteiger partial charge is 0.321 e. The highest BCUT2D eigenvalue weighted by atomic mass is 35.5. The van der Waals surface area contributed by atoms with Crippen LogP contribution in [-0.2, 0) is 9.84 Å². The average molecular weight is 342 g/mol. The first-order valence-corrected chi connectivity index (χ1v) is 9.30. The summed E-state index contributed by atoms with van der Waals surface area (Å²) in [6, 6.07) is 7.42. The summed E-state index contributed by atoms with van der Waals surface area (Å²) in [5.74, 6) is 0.651. The Kier molecular flexibility index (Phi) is 3.86. The maximum Gasteiger partial charge on any atom is 0.321 e. The minimum absolute atomic E-state index is 0.186. The number of aromatic nitrogens is 2. The molecule has 0 atom stereocenters. The fourth-order valence-corrected chi connectivity index (χ4v) is 4.01. The summed E-state index contributed by atoms with van der Waals surface area (Å²) in [5.41, 5.74) is 0.612. The molecule has 8 heteroatoms. The molecular formula is C14H16ClN3O3S. The minimum Gasteiger partial charge on any atom is -0.337 e. The summed E-state index contributed by atoms with van der Waals surface area (Å²) in [5, 5.41) is 7.58. The molecule has 1 heterocycles. The van der Waals surface area contributed by atoms with Crippen molar-refractivity contribution in [3.63, 3.8) is 0 Å². The molecule has 1 aromatic heterocycles. The minimum atomic E-state index is -2.98. The van der Waals surface area contributed by atoms with Crippen molar-refractivity contribution in [1.29, 1.82) is 0 Å². The lowest BCUT2D eigenvalue weighted by Gasteiger charge is -2.13. The zero-order valence-electron chi connectivity index (χ0n) is 12.0. The first kappa shape index (κ1) is 15.3. The standard InChI is InChI=1S/C14H16ClN3O3S/c1-22(19,20)9-14(6-7-14)8-16-13-17-12(18-21-13)10-2-4-11(15)5-3-10/h2-5H,6-9H2,1H3,(H,16,17,18). The molecule has 0 aliphatic heterocycles. The predicted molar refractivity (Wildman–Crippen MR) is 84.6 cm³/mol. The van der Waals surface area contributed by atoms with Crippen LogP contribution in [0.25, 0.3) is 11.4 Å². The van der Waals surface area contributed by atoms with Gasteiger partial charge in [0, 0.05) is 28.8 Å². The van der Waals surface area contributed by atoms with E-state index in [1.54, 1.807) is 12.1 Å². The van der Waals surface area contributed by atoms with E-state index in [2.05, 4.69) is 15.5 Å². The van der Waals surface area contributed by atoms with Gasteiger partial charge in [-0.15, -0.1) is 0 Å². The van der Waals surface area contributed by atoms with Gasteiger partial charge in [0.25, 0.3) is 0 Å². The van der Waals surface area contributed by atoms with Crippen molar-refractivity contribution in [3.05, 3.63) is 29.3 Å². The van der Waals surface area contributed by atoms with Gasteiger partial charge in [0.2, 0.25) is 5.82 Å². The number of hydrogen-bond acceptors (Lipinski definition) is 6. The molecule has 0 saturated heterocycles. The Bertz CT molecular complexity index is 767. The van der Waals surface area contributed by atoms with Gasteiger partial charge in [0.05, 0.1) is 5.75 Å². The number of nitrogens with one attached hydrogen (secondary N) is 1. The van der Waals surface area contributed by atoms with E-state index in [0.717, 1.165) is 18.4 Å². The molecule has 1 N–H and O–H groups in total. The third-order valence-electron chi connectivity index (χ3n) is 3.67. The first-order valence-electron chi connectivity index (χ1n) is 6.87. The van der Waals surface area contributed by atoms with Crippen LogP contribution in [0, 0.1) is 5.41 Å². The Morgan fingerprint density at radius 1 is 1.32 bits per heavy atom. The summed E-state index contributed by atoms with van der Waals surface area (Å²) in [7, 11) is -2.98. The molecular weight excluding hydrogens is 326 g/mol. The molecule has 3 rings (SSSR count). The molecule has 0 spiro atoms. The van der Waals surface area contributed by atoms with Crippen LogP contribution in [0.4, 0.5) is 6.01 Å². The summed E-state index contributed by atoms with van der Waals surface area (Å²) >= 11 is 5.84. The second-order valence-electron chi connectivity index (χ2n) is 5.85. The van der Waals surface area contributed by atoms with Crippen molar-refractivity contribution in [2.45, 2.75) is 12.8 Å². The van der Waals surface area contributed by atoms with E-state index >= 15 is 0 Å². The normalized spacial score (nSPS) is 16.5. The topological polar surface area (TPSA) is 85.1 Å². The van der Waals surface area contributed by atoms with Gasteiger partial charge in [0.1, 0.15) is 9.84 Å². The van der Waals surface area contributed by atoms with Crippen molar-refractivity contribution in [3.8, 4) is 11.4 Å². The van der Waals surface area contributed by atoms with Crippen LogP contribution < -0.4 is 5.32 Å². The zero-order valence-corrected chi connectivity index (χ0v) is 13.6. The molecule has 1 aliphatic rings. The monoisotopic (exact) mass is 341 g/mol. The van der Waals surface area contributed by atoms with Crippen LogP contribution in [-0.4, -0.2) is 37.1 Å². The van der Waals surface area contributed by atoms with Gasteiger partial charge in [0.15, 0.2) is 0 Å².